The van der Waals surface area contributed by atoms with Gasteiger partial charge in [0.1, 0.15) is 11.6 Å². The van der Waals surface area contributed by atoms with Gasteiger partial charge in [-0.15, -0.1) is 10.2 Å². The number of Topliss-reactive ketones (excluding diaryl/α,β-unsaturated/α-hetero) is 1. The lowest BCUT2D eigenvalue weighted by atomic mass is 10.1. The highest BCUT2D eigenvalue weighted by molar-refractivity contribution is 7.99. The fraction of sp³-hybridized carbons (Fsp3) is 0.286. The van der Waals surface area contributed by atoms with Crippen LogP contribution in [-0.4, -0.2) is 38.1 Å². The fourth-order valence-corrected chi connectivity index (χ4v) is 3.62. The molecule has 0 fully saturated rings. The maximum absolute atomic E-state index is 12.6. The zero-order valence-electron chi connectivity index (χ0n) is 17.0. The van der Waals surface area contributed by atoms with Gasteiger partial charge in [-0.25, -0.2) is 0 Å². The molecule has 0 atom stereocenters. The summed E-state index contributed by atoms with van der Waals surface area (Å²) < 4.78 is 7.23. The Kier molecular flexibility index (Phi) is 7.60. The number of benzene rings is 1. The number of nitrogens with two attached hydrogens (primary N) is 1. The summed E-state index contributed by atoms with van der Waals surface area (Å²) in [6, 6.07) is 10.4. The molecule has 31 heavy (non-hydrogen) atoms. The van der Waals surface area contributed by atoms with Crippen molar-refractivity contribution in [1.82, 2.24) is 14.8 Å². The van der Waals surface area contributed by atoms with Crippen LogP contribution in [0.1, 0.15) is 41.7 Å². The molecule has 0 saturated carbocycles. The fourth-order valence-electron chi connectivity index (χ4n) is 2.77. The molecule has 0 unspecified atom stereocenters. The predicted octanol–water partition coefficient (Wildman–Crippen LogP) is 2.66. The van der Waals surface area contributed by atoms with Crippen molar-refractivity contribution >= 4 is 35.0 Å². The van der Waals surface area contributed by atoms with Crippen LogP contribution in [0, 0.1) is 0 Å². The van der Waals surface area contributed by atoms with Gasteiger partial charge in [-0.1, -0.05) is 18.7 Å². The normalized spacial score (nSPS) is 10.7. The van der Waals surface area contributed by atoms with Crippen molar-refractivity contribution in [3.63, 3.8) is 0 Å². The van der Waals surface area contributed by atoms with Gasteiger partial charge in [-0.3, -0.25) is 19.0 Å². The Labute approximate surface area is 183 Å². The van der Waals surface area contributed by atoms with Crippen LogP contribution in [0.5, 0.6) is 0 Å². The molecule has 3 N–H and O–H groups in total. The van der Waals surface area contributed by atoms with Gasteiger partial charge in [0.2, 0.25) is 11.8 Å². The van der Waals surface area contributed by atoms with Crippen molar-refractivity contribution in [2.45, 2.75) is 37.9 Å². The minimum absolute atomic E-state index is 0.0791. The number of nitrogens with zero attached hydrogens (tertiary/aromatic N) is 3. The Bertz CT molecular complexity index is 1040. The molecule has 0 aliphatic carbocycles. The molecule has 0 saturated heterocycles. The quantitative estimate of drug-likeness (QED) is 0.345. The van der Waals surface area contributed by atoms with Gasteiger partial charge < -0.3 is 15.5 Å². The third-order valence-corrected chi connectivity index (χ3v) is 5.39. The molecular weight excluding hydrogens is 418 g/mol. The first-order valence-corrected chi connectivity index (χ1v) is 10.7. The van der Waals surface area contributed by atoms with E-state index in [0.717, 1.165) is 0 Å². The second-order valence-corrected chi connectivity index (χ2v) is 7.66. The van der Waals surface area contributed by atoms with Crippen LogP contribution in [0.25, 0.3) is 0 Å². The molecule has 3 aromatic rings. The molecule has 10 heteroatoms. The van der Waals surface area contributed by atoms with Gasteiger partial charge in [0.05, 0.1) is 18.6 Å². The van der Waals surface area contributed by atoms with Crippen molar-refractivity contribution in [3.8, 4) is 0 Å². The molecule has 2 heterocycles. The van der Waals surface area contributed by atoms with Crippen LogP contribution in [0.15, 0.2) is 52.2 Å². The predicted molar refractivity (Wildman–Crippen MR) is 116 cm³/mol. The first-order chi connectivity index (χ1) is 15.0. The third-order valence-electron chi connectivity index (χ3n) is 4.43. The number of furan rings is 1. The standard InChI is InChI=1S/C21H23N5O4S/c1-2-20(29)23-15-7-5-14(6-8-15)17(27)13-31-21-25-24-19(10-9-18(22)28)26(21)12-16-4-3-11-30-16/h3-8,11H,2,9-10,12-13H2,1H3,(H2,22,28)(H,23,29). The van der Waals surface area contributed by atoms with Crippen LogP contribution in [-0.2, 0) is 22.6 Å². The number of carbonyl (C=O) groups excluding carboxylic acids is 3. The highest BCUT2D eigenvalue weighted by Crippen LogP contribution is 2.21. The minimum Gasteiger partial charge on any atom is -0.467 e. The molecule has 0 aliphatic heterocycles. The van der Waals surface area contributed by atoms with Crippen molar-refractivity contribution in [1.29, 1.82) is 0 Å². The Morgan fingerprint density at radius 3 is 2.58 bits per heavy atom. The van der Waals surface area contributed by atoms with Crippen LogP contribution in [0.4, 0.5) is 5.69 Å². The molecule has 1 aromatic carbocycles. The number of primary amides is 1. The molecule has 162 valence electrons. The molecule has 9 nitrogen and oxygen atoms in total. The Morgan fingerprint density at radius 2 is 1.94 bits per heavy atom. The molecule has 0 radical (unpaired) electrons. The number of hydrogen-bond acceptors (Lipinski definition) is 7. The number of hydrogen-bond donors (Lipinski definition) is 2. The Morgan fingerprint density at radius 1 is 1.16 bits per heavy atom. The summed E-state index contributed by atoms with van der Waals surface area (Å²) in [7, 11) is 0. The van der Waals surface area contributed by atoms with Gasteiger partial charge in [0, 0.05) is 30.5 Å². The van der Waals surface area contributed by atoms with E-state index in [1.54, 1.807) is 43.5 Å². The van der Waals surface area contributed by atoms with E-state index < -0.39 is 5.91 Å². The van der Waals surface area contributed by atoms with Crippen molar-refractivity contribution in [2.24, 2.45) is 5.73 Å². The monoisotopic (exact) mass is 441 g/mol. The van der Waals surface area contributed by atoms with E-state index >= 15 is 0 Å². The lowest BCUT2D eigenvalue weighted by Crippen LogP contribution is -2.14. The SMILES string of the molecule is CCC(=O)Nc1ccc(C(=O)CSc2nnc(CCC(N)=O)n2Cc2ccco2)cc1. The number of aryl methyl sites for hydroxylation is 1. The molecule has 0 aliphatic rings. The first kappa shape index (κ1) is 22.3. The van der Waals surface area contributed by atoms with Gasteiger partial charge in [-0.05, 0) is 36.4 Å². The molecule has 0 bridgehead atoms. The third kappa shape index (κ3) is 6.29. The zero-order chi connectivity index (χ0) is 22.2. The van der Waals surface area contributed by atoms with Crippen molar-refractivity contribution in [3.05, 3.63) is 59.8 Å². The molecule has 2 amide bonds. The largest absolute Gasteiger partial charge is 0.467 e. The summed E-state index contributed by atoms with van der Waals surface area (Å²) in [6.07, 6.45) is 2.46. The number of aromatic nitrogens is 3. The lowest BCUT2D eigenvalue weighted by Gasteiger charge is -2.08. The number of rotatable bonds is 11. The highest BCUT2D eigenvalue weighted by Gasteiger charge is 2.17. The number of amides is 2. The van der Waals surface area contributed by atoms with Crippen LogP contribution >= 0.6 is 11.8 Å². The number of carbonyl (C=O) groups is 3. The van der Waals surface area contributed by atoms with E-state index in [9.17, 15) is 14.4 Å². The topological polar surface area (TPSA) is 133 Å². The maximum Gasteiger partial charge on any atom is 0.224 e. The smallest absolute Gasteiger partial charge is 0.224 e. The number of thioether (sulfide) groups is 1. The first-order valence-electron chi connectivity index (χ1n) is 9.75. The van der Waals surface area contributed by atoms with E-state index in [-0.39, 0.29) is 23.9 Å². The minimum atomic E-state index is -0.421. The highest BCUT2D eigenvalue weighted by atomic mass is 32.2. The summed E-state index contributed by atoms with van der Waals surface area (Å²) in [5.41, 5.74) is 6.44. The molecule has 2 aromatic heterocycles. The molecular formula is C21H23N5O4S. The van der Waals surface area contributed by atoms with E-state index in [4.69, 9.17) is 10.2 Å². The van der Waals surface area contributed by atoms with Crippen molar-refractivity contribution < 1.29 is 18.8 Å². The molecule has 0 spiro atoms. The average molecular weight is 442 g/mol. The second kappa shape index (κ2) is 10.6. The van der Waals surface area contributed by atoms with Gasteiger partial charge >= 0.3 is 0 Å². The maximum atomic E-state index is 12.6. The number of anilines is 1. The van der Waals surface area contributed by atoms with Crippen LogP contribution in [0.2, 0.25) is 0 Å². The van der Waals surface area contributed by atoms with Gasteiger partial charge in [0.25, 0.3) is 0 Å². The molecule has 3 rings (SSSR count). The van der Waals surface area contributed by atoms with E-state index in [1.807, 2.05) is 10.6 Å². The van der Waals surface area contributed by atoms with Crippen LogP contribution in [0.3, 0.4) is 0 Å². The average Bonchev–Trinajstić information content (AvgIpc) is 3.41. The summed E-state index contributed by atoms with van der Waals surface area (Å²) >= 11 is 1.26. The summed E-state index contributed by atoms with van der Waals surface area (Å²) in [5.74, 6) is 0.879. The summed E-state index contributed by atoms with van der Waals surface area (Å²) in [5, 5.41) is 11.6. The summed E-state index contributed by atoms with van der Waals surface area (Å²) in [6.45, 7) is 2.16. The van der Waals surface area contributed by atoms with E-state index in [1.165, 1.54) is 11.8 Å². The second-order valence-electron chi connectivity index (χ2n) is 6.72. The number of ketones is 1. The van der Waals surface area contributed by atoms with Crippen molar-refractivity contribution in [2.75, 3.05) is 11.1 Å². The Balaban J connectivity index is 1.67. The summed E-state index contributed by atoms with van der Waals surface area (Å²) in [4.78, 5) is 35.2. The zero-order valence-corrected chi connectivity index (χ0v) is 17.9. The lowest BCUT2D eigenvalue weighted by molar-refractivity contribution is -0.118. The van der Waals surface area contributed by atoms with Gasteiger partial charge in [-0.2, -0.15) is 0 Å². The van der Waals surface area contributed by atoms with E-state index in [0.29, 0.717) is 47.4 Å². The van der Waals surface area contributed by atoms with Crippen LogP contribution < -0.4 is 11.1 Å². The van der Waals surface area contributed by atoms with Gasteiger partial charge in [0.15, 0.2) is 10.9 Å². The Hall–Kier alpha value is -3.40. The number of nitrogens with one attached hydrogen (secondary N) is 1. The van der Waals surface area contributed by atoms with E-state index in [2.05, 4.69) is 15.5 Å².